The second kappa shape index (κ2) is 10.8. The van der Waals surface area contributed by atoms with Crippen LogP contribution in [0.15, 0.2) is 0 Å². The number of rotatable bonds is 10. The Morgan fingerprint density at radius 1 is 0.821 bits per heavy atom. The number of ether oxygens (including phenoxy) is 2. The fourth-order valence-electron chi connectivity index (χ4n) is 6.89. The van der Waals surface area contributed by atoms with E-state index in [-0.39, 0.29) is 0 Å². The van der Waals surface area contributed by atoms with Crippen LogP contribution in [0, 0.1) is 28.6 Å². The molecule has 2 atom stereocenters. The highest BCUT2D eigenvalue weighted by molar-refractivity contribution is 4.92. The van der Waals surface area contributed by atoms with Crippen LogP contribution in [-0.4, -0.2) is 26.4 Å². The predicted octanol–water partition coefficient (Wildman–Crippen LogP) is 7.40. The van der Waals surface area contributed by atoms with E-state index in [0.717, 1.165) is 44.2 Å². The van der Waals surface area contributed by atoms with Crippen LogP contribution in [0.25, 0.3) is 0 Å². The average Bonchev–Trinajstić information content (AvgIpc) is 3.21. The van der Waals surface area contributed by atoms with Gasteiger partial charge in [0.15, 0.2) is 0 Å². The van der Waals surface area contributed by atoms with Gasteiger partial charge in [0.25, 0.3) is 0 Å². The minimum atomic E-state index is 0.410. The third-order valence-corrected chi connectivity index (χ3v) is 8.93. The molecule has 3 fully saturated rings. The maximum Gasteiger partial charge on any atom is 0.0525 e. The molecule has 164 valence electrons. The van der Waals surface area contributed by atoms with Crippen LogP contribution < -0.4 is 0 Å². The molecule has 0 heterocycles. The smallest absolute Gasteiger partial charge is 0.0525 e. The second-order valence-corrected chi connectivity index (χ2v) is 10.9. The first-order chi connectivity index (χ1) is 13.6. The Bertz CT molecular complexity index is 434. The summed E-state index contributed by atoms with van der Waals surface area (Å²) in [4.78, 5) is 0. The van der Waals surface area contributed by atoms with Gasteiger partial charge in [-0.25, -0.2) is 0 Å². The Kier molecular flexibility index (Phi) is 8.72. The second-order valence-electron chi connectivity index (χ2n) is 10.9. The van der Waals surface area contributed by atoms with Crippen molar-refractivity contribution in [2.45, 2.75) is 111 Å². The van der Waals surface area contributed by atoms with E-state index >= 15 is 0 Å². The van der Waals surface area contributed by atoms with E-state index in [2.05, 4.69) is 20.8 Å². The molecular weight excluding hydrogens is 344 g/mol. The zero-order valence-electron chi connectivity index (χ0n) is 19.3. The Morgan fingerprint density at radius 2 is 1.57 bits per heavy atom. The van der Waals surface area contributed by atoms with E-state index in [1.54, 1.807) is 0 Å². The van der Waals surface area contributed by atoms with Crippen LogP contribution in [-0.2, 0) is 9.47 Å². The van der Waals surface area contributed by atoms with Crippen LogP contribution in [0.5, 0.6) is 0 Å². The lowest BCUT2D eigenvalue weighted by Gasteiger charge is -2.44. The van der Waals surface area contributed by atoms with Crippen LogP contribution in [0.3, 0.4) is 0 Å². The van der Waals surface area contributed by atoms with Crippen molar-refractivity contribution in [1.82, 2.24) is 0 Å². The molecule has 0 aromatic rings. The summed E-state index contributed by atoms with van der Waals surface area (Å²) in [5.74, 6) is 2.51. The quantitative estimate of drug-likeness (QED) is 0.360. The number of hydrogen-bond donors (Lipinski definition) is 0. The van der Waals surface area contributed by atoms with Crippen LogP contribution in [0.1, 0.15) is 111 Å². The highest BCUT2D eigenvalue weighted by Gasteiger charge is 2.42. The van der Waals surface area contributed by atoms with Gasteiger partial charge in [-0.2, -0.15) is 0 Å². The van der Waals surface area contributed by atoms with Gasteiger partial charge in [-0.05, 0) is 80.5 Å². The number of hydrogen-bond acceptors (Lipinski definition) is 2. The normalized spacial score (nSPS) is 31.5. The molecule has 3 aliphatic rings. The van der Waals surface area contributed by atoms with Gasteiger partial charge in [0, 0.05) is 13.2 Å². The van der Waals surface area contributed by atoms with Crippen LogP contribution in [0.4, 0.5) is 0 Å². The molecule has 0 aliphatic heterocycles. The standard InChI is InChI=1S/C26H48O2/c1-4-27-21-26(22(2)3)17-10-11-23(19-26)14-18-28-20-25(15-8-9-16-25)24-12-6-5-7-13-24/h22-24H,4-21H2,1-3H3. The largest absolute Gasteiger partial charge is 0.381 e. The van der Waals surface area contributed by atoms with Crippen molar-refractivity contribution in [3.63, 3.8) is 0 Å². The molecule has 0 saturated heterocycles. The SMILES string of the molecule is CCOCC1(C(C)C)CCCC(CCOCC2(C3CCCCC3)CCCC2)C1. The molecule has 2 nitrogen and oxygen atoms in total. The molecule has 0 amide bonds. The van der Waals surface area contributed by atoms with E-state index < -0.39 is 0 Å². The average molecular weight is 393 g/mol. The molecule has 3 rings (SSSR count). The zero-order chi connectivity index (χ0) is 19.9. The lowest BCUT2D eigenvalue weighted by Crippen LogP contribution is -2.38. The van der Waals surface area contributed by atoms with E-state index in [4.69, 9.17) is 9.47 Å². The fourth-order valence-corrected chi connectivity index (χ4v) is 6.89. The Balaban J connectivity index is 1.46. The van der Waals surface area contributed by atoms with Crippen molar-refractivity contribution < 1.29 is 9.47 Å². The molecule has 0 spiro atoms. The van der Waals surface area contributed by atoms with E-state index in [1.165, 1.54) is 89.9 Å². The first-order valence-electron chi connectivity index (χ1n) is 12.8. The first-order valence-corrected chi connectivity index (χ1v) is 12.8. The lowest BCUT2D eigenvalue weighted by molar-refractivity contribution is -0.0347. The minimum Gasteiger partial charge on any atom is -0.381 e. The molecule has 0 aromatic heterocycles. The topological polar surface area (TPSA) is 18.5 Å². The van der Waals surface area contributed by atoms with Crippen molar-refractivity contribution >= 4 is 0 Å². The summed E-state index contributed by atoms with van der Waals surface area (Å²) in [7, 11) is 0. The van der Waals surface area contributed by atoms with Gasteiger partial charge >= 0.3 is 0 Å². The van der Waals surface area contributed by atoms with Crippen molar-refractivity contribution in [1.29, 1.82) is 0 Å². The summed E-state index contributed by atoms with van der Waals surface area (Å²) in [6.07, 6.45) is 19.8. The summed E-state index contributed by atoms with van der Waals surface area (Å²) in [5.41, 5.74) is 0.956. The van der Waals surface area contributed by atoms with Crippen LogP contribution in [0.2, 0.25) is 0 Å². The first kappa shape index (κ1) is 22.6. The summed E-state index contributed by atoms with van der Waals surface area (Å²) < 4.78 is 12.4. The van der Waals surface area contributed by atoms with Gasteiger partial charge in [0.05, 0.1) is 13.2 Å². The predicted molar refractivity (Wildman–Crippen MR) is 119 cm³/mol. The lowest BCUT2D eigenvalue weighted by atomic mass is 9.63. The Morgan fingerprint density at radius 3 is 2.25 bits per heavy atom. The van der Waals surface area contributed by atoms with E-state index in [0.29, 0.717) is 10.8 Å². The van der Waals surface area contributed by atoms with Crippen molar-refractivity contribution in [2.24, 2.45) is 28.6 Å². The minimum absolute atomic E-state index is 0.410. The molecular formula is C26H48O2. The van der Waals surface area contributed by atoms with Gasteiger partial charge < -0.3 is 9.47 Å². The molecule has 2 heteroatoms. The third kappa shape index (κ3) is 5.54. The summed E-state index contributed by atoms with van der Waals surface area (Å²) in [5, 5.41) is 0. The molecule has 0 N–H and O–H groups in total. The van der Waals surface area contributed by atoms with Gasteiger partial charge in [-0.3, -0.25) is 0 Å². The highest BCUT2D eigenvalue weighted by Crippen LogP contribution is 2.50. The maximum absolute atomic E-state index is 6.46. The molecule has 2 unspecified atom stereocenters. The van der Waals surface area contributed by atoms with Gasteiger partial charge in [0.1, 0.15) is 0 Å². The highest BCUT2D eigenvalue weighted by atomic mass is 16.5. The van der Waals surface area contributed by atoms with Gasteiger partial charge in [0.2, 0.25) is 0 Å². The summed E-state index contributed by atoms with van der Waals surface area (Å²) >= 11 is 0. The molecule has 3 saturated carbocycles. The zero-order valence-corrected chi connectivity index (χ0v) is 19.3. The van der Waals surface area contributed by atoms with E-state index in [9.17, 15) is 0 Å². The fraction of sp³-hybridized carbons (Fsp3) is 1.00. The van der Waals surface area contributed by atoms with Crippen LogP contribution >= 0.6 is 0 Å². The molecule has 3 aliphatic carbocycles. The van der Waals surface area contributed by atoms with Crippen molar-refractivity contribution in [2.75, 3.05) is 26.4 Å². The Hall–Kier alpha value is -0.0800. The van der Waals surface area contributed by atoms with Crippen molar-refractivity contribution in [3.8, 4) is 0 Å². The molecule has 0 bridgehead atoms. The molecule has 28 heavy (non-hydrogen) atoms. The molecule has 0 radical (unpaired) electrons. The van der Waals surface area contributed by atoms with Crippen molar-refractivity contribution in [3.05, 3.63) is 0 Å². The van der Waals surface area contributed by atoms with Gasteiger partial charge in [-0.15, -0.1) is 0 Å². The summed E-state index contributed by atoms with van der Waals surface area (Å²) in [6.45, 7) is 10.8. The molecule has 0 aromatic carbocycles. The van der Waals surface area contributed by atoms with E-state index in [1.807, 2.05) is 0 Å². The van der Waals surface area contributed by atoms with Gasteiger partial charge in [-0.1, -0.05) is 58.8 Å². The Labute approximate surface area is 175 Å². The monoisotopic (exact) mass is 392 g/mol. The summed E-state index contributed by atoms with van der Waals surface area (Å²) in [6, 6.07) is 0. The maximum atomic E-state index is 6.46. The third-order valence-electron chi connectivity index (χ3n) is 8.93.